The molecule has 0 aromatic rings. The molecular formula is C18H30S. The van der Waals surface area contributed by atoms with Crippen LogP contribution in [0.3, 0.4) is 0 Å². The van der Waals surface area contributed by atoms with E-state index < -0.39 is 0 Å². The molecule has 0 amide bonds. The minimum atomic E-state index is 0.127. The number of thiol groups is 1. The van der Waals surface area contributed by atoms with Gasteiger partial charge in [0.05, 0.1) is 0 Å². The van der Waals surface area contributed by atoms with E-state index in [4.69, 9.17) is 12.6 Å². The van der Waals surface area contributed by atoms with E-state index in [0.29, 0.717) is 5.41 Å². The van der Waals surface area contributed by atoms with Crippen LogP contribution in [0.4, 0.5) is 0 Å². The highest BCUT2D eigenvalue weighted by Crippen LogP contribution is 2.46. The van der Waals surface area contributed by atoms with Gasteiger partial charge < -0.3 is 0 Å². The van der Waals surface area contributed by atoms with Gasteiger partial charge in [0.15, 0.2) is 0 Å². The predicted molar refractivity (Wildman–Crippen MR) is 88.8 cm³/mol. The Hall–Kier alpha value is -0.170. The Balaban J connectivity index is 2.36. The van der Waals surface area contributed by atoms with Crippen molar-refractivity contribution >= 4 is 12.6 Å². The Bertz CT molecular complexity index is 409. The minimum absolute atomic E-state index is 0.127. The lowest BCUT2D eigenvalue weighted by Gasteiger charge is -2.35. The summed E-state index contributed by atoms with van der Waals surface area (Å²) in [5, 5.41) is 0. The van der Waals surface area contributed by atoms with Crippen LogP contribution in [0.25, 0.3) is 0 Å². The summed E-state index contributed by atoms with van der Waals surface area (Å²) in [7, 11) is 0. The summed E-state index contributed by atoms with van der Waals surface area (Å²) in [6, 6.07) is 0. The first-order chi connectivity index (χ1) is 8.69. The smallest absolute Gasteiger partial charge is 0.0147 e. The maximum absolute atomic E-state index is 5.01. The molecule has 2 aliphatic carbocycles. The molecule has 0 aliphatic heterocycles. The van der Waals surface area contributed by atoms with Crippen LogP contribution in [0, 0.1) is 11.3 Å². The Morgan fingerprint density at radius 1 is 1.26 bits per heavy atom. The lowest BCUT2D eigenvalue weighted by atomic mass is 9.76. The lowest BCUT2D eigenvalue weighted by molar-refractivity contribution is 0.237. The fourth-order valence-electron chi connectivity index (χ4n) is 4.44. The molecule has 2 atom stereocenters. The molecule has 2 unspecified atom stereocenters. The van der Waals surface area contributed by atoms with Crippen LogP contribution in [0.5, 0.6) is 0 Å². The molecule has 2 rings (SSSR count). The Kier molecular flexibility index (Phi) is 4.26. The highest BCUT2D eigenvalue weighted by Gasteiger charge is 2.34. The van der Waals surface area contributed by atoms with Crippen LogP contribution >= 0.6 is 12.6 Å². The van der Waals surface area contributed by atoms with Crippen molar-refractivity contribution in [3.63, 3.8) is 0 Å². The zero-order valence-corrected chi connectivity index (χ0v) is 14.2. The van der Waals surface area contributed by atoms with E-state index >= 15 is 0 Å². The Morgan fingerprint density at radius 3 is 2.63 bits per heavy atom. The maximum Gasteiger partial charge on any atom is 0.0147 e. The molecule has 0 radical (unpaired) electrons. The van der Waals surface area contributed by atoms with Gasteiger partial charge in [-0.25, -0.2) is 0 Å². The molecule has 0 spiro atoms. The molecule has 0 heterocycles. The van der Waals surface area contributed by atoms with E-state index in [0.717, 1.165) is 12.3 Å². The van der Waals surface area contributed by atoms with Gasteiger partial charge >= 0.3 is 0 Å². The van der Waals surface area contributed by atoms with Crippen LogP contribution in [0.2, 0.25) is 0 Å². The first-order valence-corrected chi connectivity index (χ1v) is 8.24. The molecule has 108 valence electrons. The van der Waals surface area contributed by atoms with E-state index in [9.17, 15) is 0 Å². The summed E-state index contributed by atoms with van der Waals surface area (Å²) in [6.07, 6.45) is 9.90. The number of hydrogen-bond donors (Lipinski definition) is 1. The standard InChI is InChI=1S/C18H30S/c1-13-9-16-14(2)7-6-8-15(16)11-18(5,19)12-17(3,4)10-13/h8,13,19H,6-7,9-12H2,1-5H3. The first kappa shape index (κ1) is 15.2. The summed E-state index contributed by atoms with van der Waals surface area (Å²) in [5.41, 5.74) is 5.30. The van der Waals surface area contributed by atoms with Crippen molar-refractivity contribution in [2.75, 3.05) is 0 Å². The third-order valence-electron chi connectivity index (χ3n) is 4.70. The third kappa shape index (κ3) is 3.90. The summed E-state index contributed by atoms with van der Waals surface area (Å²) < 4.78 is 0.127. The highest BCUT2D eigenvalue weighted by molar-refractivity contribution is 7.81. The van der Waals surface area contributed by atoms with Gasteiger partial charge in [0.1, 0.15) is 0 Å². The van der Waals surface area contributed by atoms with Gasteiger partial charge in [0, 0.05) is 4.75 Å². The number of rotatable bonds is 0. The topological polar surface area (TPSA) is 0 Å². The van der Waals surface area contributed by atoms with Gasteiger partial charge in [-0.1, -0.05) is 39.3 Å². The second-order valence-corrected chi connectivity index (χ2v) is 9.13. The molecule has 0 aromatic heterocycles. The molecule has 0 nitrogen and oxygen atoms in total. The minimum Gasteiger partial charge on any atom is -0.172 e. The third-order valence-corrected chi connectivity index (χ3v) is 5.01. The summed E-state index contributed by atoms with van der Waals surface area (Å²) >= 11 is 5.01. The van der Waals surface area contributed by atoms with Gasteiger partial charge in [-0.3, -0.25) is 0 Å². The van der Waals surface area contributed by atoms with Crippen molar-refractivity contribution in [3.8, 4) is 0 Å². The lowest BCUT2D eigenvalue weighted by Crippen LogP contribution is -2.27. The van der Waals surface area contributed by atoms with Gasteiger partial charge in [-0.15, -0.1) is 0 Å². The molecule has 0 aromatic carbocycles. The molecule has 0 bridgehead atoms. The van der Waals surface area contributed by atoms with Crippen molar-refractivity contribution in [1.29, 1.82) is 0 Å². The van der Waals surface area contributed by atoms with E-state index in [1.807, 2.05) is 0 Å². The van der Waals surface area contributed by atoms with E-state index in [1.54, 1.807) is 16.7 Å². The van der Waals surface area contributed by atoms with Crippen molar-refractivity contribution in [1.82, 2.24) is 0 Å². The van der Waals surface area contributed by atoms with Crippen LogP contribution in [0.15, 0.2) is 22.8 Å². The monoisotopic (exact) mass is 278 g/mol. The van der Waals surface area contributed by atoms with E-state index in [2.05, 4.69) is 40.7 Å². The predicted octanol–water partition coefficient (Wildman–Crippen LogP) is 5.95. The summed E-state index contributed by atoms with van der Waals surface area (Å²) in [5.74, 6) is 0.781. The molecule has 0 N–H and O–H groups in total. The van der Waals surface area contributed by atoms with Crippen LogP contribution < -0.4 is 0 Å². The maximum atomic E-state index is 5.01. The molecular weight excluding hydrogens is 248 g/mol. The average Bonchev–Trinajstić information content (AvgIpc) is 2.22. The van der Waals surface area contributed by atoms with Crippen LogP contribution in [0.1, 0.15) is 73.1 Å². The Labute approximate surface area is 125 Å². The molecule has 1 heteroatoms. The quantitative estimate of drug-likeness (QED) is 0.520. The summed E-state index contributed by atoms with van der Waals surface area (Å²) in [6.45, 7) is 11.9. The van der Waals surface area contributed by atoms with Crippen molar-refractivity contribution in [2.24, 2.45) is 11.3 Å². The number of hydrogen-bond acceptors (Lipinski definition) is 1. The zero-order valence-electron chi connectivity index (χ0n) is 13.3. The molecule has 0 saturated heterocycles. The Morgan fingerprint density at radius 2 is 1.95 bits per heavy atom. The van der Waals surface area contributed by atoms with Crippen molar-refractivity contribution < 1.29 is 0 Å². The fourth-order valence-corrected chi connectivity index (χ4v) is 5.03. The summed E-state index contributed by atoms with van der Waals surface area (Å²) in [4.78, 5) is 0. The fraction of sp³-hybridized carbons (Fsp3) is 0.778. The van der Waals surface area contributed by atoms with Gasteiger partial charge in [0.25, 0.3) is 0 Å². The zero-order chi connectivity index (χ0) is 14.3. The van der Waals surface area contributed by atoms with Crippen LogP contribution in [-0.4, -0.2) is 4.75 Å². The molecule has 2 aliphatic rings. The largest absolute Gasteiger partial charge is 0.172 e. The van der Waals surface area contributed by atoms with Crippen LogP contribution in [-0.2, 0) is 0 Å². The number of fused-ring (bicyclic) bond motifs is 1. The molecule has 19 heavy (non-hydrogen) atoms. The number of allylic oxidation sites excluding steroid dienone is 4. The first-order valence-electron chi connectivity index (χ1n) is 7.79. The second kappa shape index (κ2) is 5.31. The van der Waals surface area contributed by atoms with Gasteiger partial charge in [0.2, 0.25) is 0 Å². The molecule has 1 fully saturated rings. The van der Waals surface area contributed by atoms with E-state index in [-0.39, 0.29) is 4.75 Å². The average molecular weight is 279 g/mol. The van der Waals surface area contributed by atoms with Gasteiger partial charge in [-0.05, 0) is 67.9 Å². The van der Waals surface area contributed by atoms with Crippen molar-refractivity contribution in [2.45, 2.75) is 77.9 Å². The van der Waals surface area contributed by atoms with Crippen molar-refractivity contribution in [3.05, 3.63) is 22.8 Å². The SMILES string of the molecule is CC1=C2CC(C)CC(C)(C)CC(C)(S)CC2=CCC1. The highest BCUT2D eigenvalue weighted by atomic mass is 32.1. The van der Waals surface area contributed by atoms with Gasteiger partial charge in [-0.2, -0.15) is 12.6 Å². The second-order valence-electron chi connectivity index (χ2n) is 8.06. The normalized spacial score (nSPS) is 35.9. The molecule has 1 saturated carbocycles. The van der Waals surface area contributed by atoms with E-state index in [1.165, 1.54) is 32.1 Å².